The Hall–Kier alpha value is -3.15. The van der Waals surface area contributed by atoms with Crippen LogP contribution in [-0.4, -0.2) is 52.3 Å². The zero-order chi connectivity index (χ0) is 22.0. The van der Waals surface area contributed by atoms with Crippen molar-refractivity contribution >= 4 is 17.8 Å². The van der Waals surface area contributed by atoms with Gasteiger partial charge in [0.25, 0.3) is 0 Å². The third-order valence-electron chi connectivity index (χ3n) is 6.29. The zero-order valence-corrected chi connectivity index (χ0v) is 18.0. The van der Waals surface area contributed by atoms with Crippen molar-refractivity contribution in [3.63, 3.8) is 0 Å². The molecule has 162 valence electrons. The van der Waals surface area contributed by atoms with Crippen LogP contribution in [-0.2, 0) is 38.5 Å². The maximum Gasteiger partial charge on any atom is 0.328 e. The maximum absolute atomic E-state index is 13.6. The number of aryl methyl sites for hydroxylation is 1. The van der Waals surface area contributed by atoms with E-state index in [2.05, 4.69) is 0 Å². The summed E-state index contributed by atoms with van der Waals surface area (Å²) in [6.45, 7) is 4.12. The Balaban J connectivity index is 1.62. The molecule has 1 saturated heterocycles. The standard InChI is InChI=1S/C25H28N2O4/c1-3-31-25(30)21(14-13-18-9-5-4-6-10-18)27-17(2)23(28)26-16-20-12-8-7-11-19(20)15-22(26)24(27)29/h4-12,17,21-22H,3,13-16H2,1-2H3/t17-,21-,22-/m1/s1. The summed E-state index contributed by atoms with van der Waals surface area (Å²) in [6, 6.07) is 15.7. The minimum Gasteiger partial charge on any atom is -0.464 e. The number of fused-ring (bicyclic) bond motifs is 2. The summed E-state index contributed by atoms with van der Waals surface area (Å²) in [4.78, 5) is 42.9. The lowest BCUT2D eigenvalue weighted by Gasteiger charge is -2.48. The molecule has 0 unspecified atom stereocenters. The van der Waals surface area contributed by atoms with Crippen molar-refractivity contribution in [1.82, 2.24) is 9.80 Å². The first-order chi connectivity index (χ1) is 15.0. The molecular weight excluding hydrogens is 392 g/mol. The minimum absolute atomic E-state index is 0.117. The third kappa shape index (κ3) is 4.07. The Morgan fingerprint density at radius 3 is 2.42 bits per heavy atom. The first-order valence-electron chi connectivity index (χ1n) is 10.9. The number of benzene rings is 2. The molecule has 4 rings (SSSR count). The fourth-order valence-electron chi connectivity index (χ4n) is 4.68. The SMILES string of the molecule is CCOC(=O)[C@@H](CCc1ccccc1)N1C(=O)[C@H]2Cc3ccccc3CN2C(=O)[C@H]1C. The van der Waals surface area contributed by atoms with Crippen LogP contribution in [0.25, 0.3) is 0 Å². The molecule has 2 aromatic rings. The van der Waals surface area contributed by atoms with Crippen LogP contribution in [0.5, 0.6) is 0 Å². The van der Waals surface area contributed by atoms with Crippen LogP contribution < -0.4 is 0 Å². The van der Waals surface area contributed by atoms with Crippen LogP contribution in [0.15, 0.2) is 54.6 Å². The molecule has 2 heterocycles. The molecule has 2 aromatic carbocycles. The molecule has 2 aliphatic heterocycles. The van der Waals surface area contributed by atoms with E-state index in [-0.39, 0.29) is 18.4 Å². The number of esters is 1. The molecule has 0 aliphatic carbocycles. The Kier molecular flexibility index (Phi) is 6.07. The smallest absolute Gasteiger partial charge is 0.328 e. The van der Waals surface area contributed by atoms with Gasteiger partial charge in [0, 0.05) is 13.0 Å². The molecule has 0 bridgehead atoms. The molecule has 3 atom stereocenters. The highest BCUT2D eigenvalue weighted by molar-refractivity contribution is 5.99. The molecule has 0 saturated carbocycles. The Morgan fingerprint density at radius 1 is 1.03 bits per heavy atom. The number of amides is 2. The van der Waals surface area contributed by atoms with E-state index in [0.717, 1.165) is 16.7 Å². The highest BCUT2D eigenvalue weighted by Gasteiger charge is 2.49. The number of ether oxygens (including phenoxy) is 1. The minimum atomic E-state index is -0.786. The maximum atomic E-state index is 13.6. The van der Waals surface area contributed by atoms with Crippen molar-refractivity contribution in [3.8, 4) is 0 Å². The van der Waals surface area contributed by atoms with E-state index in [1.807, 2.05) is 54.6 Å². The van der Waals surface area contributed by atoms with E-state index in [1.165, 1.54) is 4.90 Å². The van der Waals surface area contributed by atoms with Gasteiger partial charge < -0.3 is 14.5 Å². The topological polar surface area (TPSA) is 66.9 Å². The van der Waals surface area contributed by atoms with Crippen molar-refractivity contribution in [1.29, 1.82) is 0 Å². The van der Waals surface area contributed by atoms with E-state index in [1.54, 1.807) is 18.7 Å². The molecule has 6 heteroatoms. The second-order valence-electron chi connectivity index (χ2n) is 8.17. The van der Waals surface area contributed by atoms with Crippen molar-refractivity contribution in [2.75, 3.05) is 6.61 Å². The van der Waals surface area contributed by atoms with E-state index >= 15 is 0 Å². The largest absolute Gasteiger partial charge is 0.464 e. The molecule has 31 heavy (non-hydrogen) atoms. The number of carbonyl (C=O) groups excluding carboxylic acids is 3. The van der Waals surface area contributed by atoms with Crippen LogP contribution >= 0.6 is 0 Å². The van der Waals surface area contributed by atoms with Crippen LogP contribution in [0, 0.1) is 0 Å². The molecule has 0 N–H and O–H groups in total. The zero-order valence-electron chi connectivity index (χ0n) is 18.0. The van der Waals surface area contributed by atoms with Gasteiger partial charge in [-0.3, -0.25) is 9.59 Å². The summed E-state index contributed by atoms with van der Waals surface area (Å²) in [6.07, 6.45) is 1.50. The van der Waals surface area contributed by atoms with Gasteiger partial charge in [-0.05, 0) is 43.4 Å². The van der Waals surface area contributed by atoms with Crippen molar-refractivity contribution in [2.45, 2.75) is 57.8 Å². The van der Waals surface area contributed by atoms with E-state index in [9.17, 15) is 14.4 Å². The van der Waals surface area contributed by atoms with Crippen LogP contribution in [0.1, 0.15) is 37.0 Å². The van der Waals surface area contributed by atoms with Gasteiger partial charge in [0.15, 0.2) is 0 Å². The summed E-state index contributed by atoms with van der Waals surface area (Å²) in [5, 5.41) is 0. The molecule has 0 spiro atoms. The number of rotatable bonds is 6. The summed E-state index contributed by atoms with van der Waals surface area (Å²) in [5.74, 6) is -0.739. The van der Waals surface area contributed by atoms with Crippen LogP contribution in [0.4, 0.5) is 0 Å². The second-order valence-corrected chi connectivity index (χ2v) is 8.17. The number of carbonyl (C=O) groups is 3. The highest BCUT2D eigenvalue weighted by atomic mass is 16.5. The summed E-state index contributed by atoms with van der Waals surface area (Å²) >= 11 is 0. The predicted molar refractivity (Wildman–Crippen MR) is 116 cm³/mol. The lowest BCUT2D eigenvalue weighted by molar-refractivity contribution is -0.171. The van der Waals surface area contributed by atoms with Gasteiger partial charge in [-0.25, -0.2) is 4.79 Å². The first-order valence-corrected chi connectivity index (χ1v) is 10.9. The van der Waals surface area contributed by atoms with Crippen molar-refractivity contribution in [3.05, 3.63) is 71.3 Å². The highest BCUT2D eigenvalue weighted by Crippen LogP contribution is 2.31. The summed E-state index contributed by atoms with van der Waals surface area (Å²) < 4.78 is 5.31. The van der Waals surface area contributed by atoms with Crippen LogP contribution in [0.3, 0.4) is 0 Å². The Morgan fingerprint density at radius 2 is 1.71 bits per heavy atom. The molecule has 2 aliphatic rings. The normalized spacial score (nSPS) is 21.4. The lowest BCUT2D eigenvalue weighted by Crippen LogP contribution is -2.68. The van der Waals surface area contributed by atoms with Gasteiger partial charge in [0.1, 0.15) is 18.1 Å². The number of hydrogen-bond donors (Lipinski definition) is 0. The average Bonchev–Trinajstić information content (AvgIpc) is 2.79. The van der Waals surface area contributed by atoms with Gasteiger partial charge in [-0.2, -0.15) is 0 Å². The number of piperazine rings is 1. The Bertz CT molecular complexity index is 974. The average molecular weight is 421 g/mol. The van der Waals surface area contributed by atoms with E-state index < -0.39 is 24.1 Å². The lowest BCUT2D eigenvalue weighted by atomic mass is 9.89. The molecule has 0 radical (unpaired) electrons. The van der Waals surface area contributed by atoms with Gasteiger partial charge in [-0.15, -0.1) is 0 Å². The van der Waals surface area contributed by atoms with Crippen LogP contribution in [0.2, 0.25) is 0 Å². The quantitative estimate of drug-likeness (QED) is 0.674. The van der Waals surface area contributed by atoms with E-state index in [0.29, 0.717) is 25.8 Å². The predicted octanol–water partition coefficient (Wildman–Crippen LogP) is 2.74. The van der Waals surface area contributed by atoms with Gasteiger partial charge in [-0.1, -0.05) is 54.6 Å². The molecule has 6 nitrogen and oxygen atoms in total. The van der Waals surface area contributed by atoms with E-state index in [4.69, 9.17) is 4.74 Å². The number of hydrogen-bond acceptors (Lipinski definition) is 4. The summed E-state index contributed by atoms with van der Waals surface area (Å²) in [5.41, 5.74) is 3.23. The fourth-order valence-corrected chi connectivity index (χ4v) is 4.68. The van der Waals surface area contributed by atoms with Gasteiger partial charge in [0.05, 0.1) is 6.61 Å². The monoisotopic (exact) mass is 420 g/mol. The molecule has 0 aromatic heterocycles. The fraction of sp³-hybridized carbons (Fsp3) is 0.400. The molecular formula is C25H28N2O4. The summed E-state index contributed by atoms with van der Waals surface area (Å²) in [7, 11) is 0. The van der Waals surface area contributed by atoms with Gasteiger partial charge >= 0.3 is 5.97 Å². The van der Waals surface area contributed by atoms with Crippen molar-refractivity contribution in [2.24, 2.45) is 0 Å². The van der Waals surface area contributed by atoms with Gasteiger partial charge in [0.2, 0.25) is 11.8 Å². The second kappa shape index (κ2) is 8.92. The number of nitrogens with zero attached hydrogens (tertiary/aromatic N) is 2. The first kappa shape index (κ1) is 21.1. The molecule has 2 amide bonds. The van der Waals surface area contributed by atoms with Crippen molar-refractivity contribution < 1.29 is 19.1 Å². The third-order valence-corrected chi connectivity index (χ3v) is 6.29. The Labute approximate surface area is 182 Å². The molecule has 1 fully saturated rings.